The summed E-state index contributed by atoms with van der Waals surface area (Å²) in [5.74, 6) is 1.27. The lowest BCUT2D eigenvalue weighted by molar-refractivity contribution is -0.135. The molecule has 0 bridgehead atoms. The van der Waals surface area contributed by atoms with E-state index in [4.69, 9.17) is 23.4 Å². The number of fused-ring (bicyclic) bond motifs is 3. The minimum absolute atomic E-state index is 0.0520. The van der Waals surface area contributed by atoms with E-state index in [1.807, 2.05) is 36.4 Å². The quantitative estimate of drug-likeness (QED) is 0.310. The molecule has 5 rings (SSSR count). The van der Waals surface area contributed by atoms with Gasteiger partial charge >= 0.3 is 5.97 Å². The van der Waals surface area contributed by atoms with Gasteiger partial charge < -0.3 is 23.4 Å². The SMILES string of the molecule is COc1ccc(C2CC(=O)Oc3cc(OC)c4c(=O)cc(-c5ccccc5)oc4c32)c(OC)c1. The maximum absolute atomic E-state index is 13.3. The summed E-state index contributed by atoms with van der Waals surface area (Å²) in [5, 5.41) is 0.288. The molecular formula is C27H22O7. The summed E-state index contributed by atoms with van der Waals surface area (Å²) in [6.07, 6.45) is 0.0520. The Labute approximate surface area is 195 Å². The summed E-state index contributed by atoms with van der Waals surface area (Å²) in [5.41, 5.74) is 2.16. The molecule has 0 saturated carbocycles. The molecule has 1 aromatic heterocycles. The summed E-state index contributed by atoms with van der Waals surface area (Å²) >= 11 is 0. The van der Waals surface area contributed by atoms with E-state index in [1.165, 1.54) is 13.2 Å². The molecule has 7 heteroatoms. The van der Waals surface area contributed by atoms with E-state index in [1.54, 1.807) is 32.4 Å². The Morgan fingerprint density at radius 3 is 2.32 bits per heavy atom. The molecule has 4 aromatic rings. The number of rotatable bonds is 5. The summed E-state index contributed by atoms with van der Waals surface area (Å²) in [7, 11) is 4.59. The van der Waals surface area contributed by atoms with Crippen molar-refractivity contribution in [3.05, 3.63) is 82.0 Å². The van der Waals surface area contributed by atoms with Gasteiger partial charge in [-0.25, -0.2) is 0 Å². The molecule has 1 aliphatic rings. The van der Waals surface area contributed by atoms with Crippen LogP contribution in [0, 0.1) is 0 Å². The van der Waals surface area contributed by atoms with Crippen molar-refractivity contribution in [1.82, 2.24) is 0 Å². The van der Waals surface area contributed by atoms with Gasteiger partial charge in [-0.05, 0) is 6.07 Å². The molecule has 0 radical (unpaired) electrons. The first-order valence-corrected chi connectivity index (χ1v) is 10.7. The Bertz CT molecular complexity index is 1450. The molecular weight excluding hydrogens is 436 g/mol. The van der Waals surface area contributed by atoms with Crippen molar-refractivity contribution in [2.45, 2.75) is 12.3 Å². The number of esters is 1. The predicted octanol–water partition coefficient (Wildman–Crippen LogP) is 4.93. The second-order valence-corrected chi connectivity index (χ2v) is 7.87. The standard InChI is InChI=1S/C27H22O7/c1-30-16-9-10-17(21(11-16)31-2)18-12-24(29)33-23-14-22(32-3)26-19(28)13-20(34-27(26)25(18)23)15-7-5-4-6-8-15/h4-11,13-14,18H,12H2,1-3H3. The molecule has 0 saturated heterocycles. The van der Waals surface area contributed by atoms with Crippen LogP contribution < -0.4 is 24.4 Å². The molecule has 1 atom stereocenters. The van der Waals surface area contributed by atoms with E-state index < -0.39 is 11.9 Å². The molecule has 2 heterocycles. The predicted molar refractivity (Wildman–Crippen MR) is 126 cm³/mol. The first kappa shape index (κ1) is 21.6. The molecule has 0 N–H and O–H groups in total. The molecule has 0 fully saturated rings. The number of hydrogen-bond acceptors (Lipinski definition) is 7. The molecule has 0 amide bonds. The van der Waals surface area contributed by atoms with Crippen LogP contribution in [0.3, 0.4) is 0 Å². The normalized spacial score (nSPS) is 14.9. The Morgan fingerprint density at radius 1 is 0.853 bits per heavy atom. The first-order valence-electron chi connectivity index (χ1n) is 10.7. The second kappa shape index (κ2) is 8.59. The zero-order chi connectivity index (χ0) is 23.8. The van der Waals surface area contributed by atoms with Crippen molar-refractivity contribution in [2.75, 3.05) is 21.3 Å². The van der Waals surface area contributed by atoms with Crippen molar-refractivity contribution in [2.24, 2.45) is 0 Å². The monoisotopic (exact) mass is 458 g/mol. The second-order valence-electron chi connectivity index (χ2n) is 7.87. The van der Waals surface area contributed by atoms with Gasteiger partial charge in [0.25, 0.3) is 0 Å². The number of carbonyl (C=O) groups excluding carboxylic acids is 1. The molecule has 0 aliphatic carbocycles. The largest absolute Gasteiger partial charge is 0.497 e. The van der Waals surface area contributed by atoms with Crippen LogP contribution in [-0.4, -0.2) is 27.3 Å². The Kier molecular flexibility index (Phi) is 5.45. The van der Waals surface area contributed by atoms with Gasteiger partial charge in [-0.3, -0.25) is 9.59 Å². The van der Waals surface area contributed by atoms with Gasteiger partial charge in [0, 0.05) is 40.8 Å². The van der Waals surface area contributed by atoms with Gasteiger partial charge in [0.15, 0.2) is 5.43 Å². The Balaban J connectivity index is 1.84. The van der Waals surface area contributed by atoms with E-state index in [9.17, 15) is 9.59 Å². The molecule has 1 unspecified atom stereocenters. The van der Waals surface area contributed by atoms with Gasteiger partial charge in [-0.2, -0.15) is 0 Å². The van der Waals surface area contributed by atoms with Crippen LogP contribution in [-0.2, 0) is 4.79 Å². The smallest absolute Gasteiger partial charge is 0.312 e. The molecule has 34 heavy (non-hydrogen) atoms. The van der Waals surface area contributed by atoms with E-state index in [2.05, 4.69) is 0 Å². The first-order chi connectivity index (χ1) is 16.5. The number of ether oxygens (including phenoxy) is 4. The highest BCUT2D eigenvalue weighted by atomic mass is 16.5. The molecule has 7 nitrogen and oxygen atoms in total. The van der Waals surface area contributed by atoms with Gasteiger partial charge in [0.05, 0.1) is 27.8 Å². The van der Waals surface area contributed by atoms with Crippen molar-refractivity contribution in [3.8, 4) is 34.3 Å². The lowest BCUT2D eigenvalue weighted by atomic mass is 9.84. The minimum atomic E-state index is -0.473. The van der Waals surface area contributed by atoms with E-state index in [-0.39, 0.29) is 28.7 Å². The van der Waals surface area contributed by atoms with Gasteiger partial charge in [-0.1, -0.05) is 36.4 Å². The van der Waals surface area contributed by atoms with Crippen LogP contribution in [0.2, 0.25) is 0 Å². The third-order valence-electron chi connectivity index (χ3n) is 6.00. The molecule has 0 spiro atoms. The highest BCUT2D eigenvalue weighted by molar-refractivity contribution is 5.93. The van der Waals surface area contributed by atoms with Crippen molar-refractivity contribution < 1.29 is 28.2 Å². The van der Waals surface area contributed by atoms with Crippen molar-refractivity contribution in [3.63, 3.8) is 0 Å². The van der Waals surface area contributed by atoms with Crippen LogP contribution >= 0.6 is 0 Å². The average molecular weight is 458 g/mol. The van der Waals surface area contributed by atoms with Gasteiger partial charge in [-0.15, -0.1) is 0 Å². The number of methoxy groups -OCH3 is 3. The van der Waals surface area contributed by atoms with Gasteiger partial charge in [0.2, 0.25) is 0 Å². The summed E-state index contributed by atoms with van der Waals surface area (Å²) in [6, 6.07) is 17.8. The van der Waals surface area contributed by atoms with Crippen molar-refractivity contribution >= 4 is 16.9 Å². The number of benzene rings is 3. The van der Waals surface area contributed by atoms with E-state index >= 15 is 0 Å². The maximum atomic E-state index is 13.3. The maximum Gasteiger partial charge on any atom is 0.312 e. The number of hydrogen-bond donors (Lipinski definition) is 0. The van der Waals surface area contributed by atoms with Crippen LogP contribution in [0.4, 0.5) is 0 Å². The third-order valence-corrected chi connectivity index (χ3v) is 6.00. The zero-order valence-electron chi connectivity index (χ0n) is 18.9. The van der Waals surface area contributed by atoms with Crippen LogP contribution in [0.25, 0.3) is 22.3 Å². The zero-order valence-corrected chi connectivity index (χ0v) is 18.9. The van der Waals surface area contributed by atoms with E-state index in [0.717, 1.165) is 11.1 Å². The average Bonchev–Trinajstić information content (AvgIpc) is 2.87. The fourth-order valence-electron chi connectivity index (χ4n) is 4.42. The van der Waals surface area contributed by atoms with Crippen LogP contribution in [0.5, 0.6) is 23.0 Å². The van der Waals surface area contributed by atoms with Gasteiger partial charge in [0.1, 0.15) is 39.7 Å². The molecule has 3 aromatic carbocycles. The summed E-state index contributed by atoms with van der Waals surface area (Å²) in [4.78, 5) is 25.9. The fraction of sp³-hybridized carbons (Fsp3) is 0.185. The Morgan fingerprint density at radius 2 is 1.62 bits per heavy atom. The summed E-state index contributed by atoms with van der Waals surface area (Å²) in [6.45, 7) is 0. The van der Waals surface area contributed by atoms with E-state index in [0.29, 0.717) is 28.4 Å². The lowest BCUT2D eigenvalue weighted by Crippen LogP contribution is -2.22. The van der Waals surface area contributed by atoms with Crippen molar-refractivity contribution in [1.29, 1.82) is 0 Å². The molecule has 172 valence electrons. The fourth-order valence-corrected chi connectivity index (χ4v) is 4.42. The third kappa shape index (κ3) is 3.55. The van der Waals surface area contributed by atoms with Crippen LogP contribution in [0.15, 0.2) is 69.9 Å². The summed E-state index contributed by atoms with van der Waals surface area (Å²) < 4.78 is 28.3. The lowest BCUT2D eigenvalue weighted by Gasteiger charge is -2.27. The number of carbonyl (C=O) groups is 1. The van der Waals surface area contributed by atoms with Crippen LogP contribution in [0.1, 0.15) is 23.5 Å². The Hall–Kier alpha value is -4.26. The minimum Gasteiger partial charge on any atom is -0.497 e. The highest BCUT2D eigenvalue weighted by Gasteiger charge is 2.35. The highest BCUT2D eigenvalue weighted by Crippen LogP contribution is 2.48. The topological polar surface area (TPSA) is 84.2 Å². The molecule has 1 aliphatic heterocycles.